The van der Waals surface area contributed by atoms with Gasteiger partial charge in [0.25, 0.3) is 0 Å². The fourth-order valence-corrected chi connectivity index (χ4v) is 2.45. The molecule has 0 aliphatic rings. The highest BCUT2D eigenvalue weighted by Gasteiger charge is 2.10. The number of benzene rings is 2. The monoisotopic (exact) mass is 342 g/mol. The van der Waals surface area contributed by atoms with Crippen molar-refractivity contribution in [3.63, 3.8) is 0 Å². The summed E-state index contributed by atoms with van der Waals surface area (Å²) in [4.78, 5) is 1.89. The predicted octanol–water partition coefficient (Wildman–Crippen LogP) is 4.46. The van der Waals surface area contributed by atoms with Crippen molar-refractivity contribution in [3.05, 3.63) is 57.3 Å². The van der Waals surface area contributed by atoms with Gasteiger partial charge in [0.05, 0.1) is 15.8 Å². The Labute approximate surface area is 125 Å². The molecule has 19 heavy (non-hydrogen) atoms. The quantitative estimate of drug-likeness (QED) is 0.834. The minimum Gasteiger partial charge on any atom is -0.397 e. The predicted molar refractivity (Wildman–Crippen MR) is 82.1 cm³/mol. The van der Waals surface area contributed by atoms with E-state index in [-0.39, 0.29) is 5.82 Å². The number of hydrogen-bond acceptors (Lipinski definition) is 2. The molecular weight excluding hydrogens is 331 g/mol. The van der Waals surface area contributed by atoms with E-state index in [2.05, 4.69) is 15.9 Å². The molecule has 100 valence electrons. The molecule has 0 heterocycles. The topological polar surface area (TPSA) is 29.3 Å². The van der Waals surface area contributed by atoms with Crippen molar-refractivity contribution >= 4 is 38.9 Å². The molecule has 2 N–H and O–H groups in total. The van der Waals surface area contributed by atoms with Crippen LogP contribution in [-0.4, -0.2) is 7.05 Å². The van der Waals surface area contributed by atoms with Crippen LogP contribution >= 0.6 is 27.5 Å². The lowest BCUT2D eigenvalue weighted by molar-refractivity contribution is 0.620. The lowest BCUT2D eigenvalue weighted by atomic mass is 10.2. The zero-order chi connectivity index (χ0) is 14.0. The Bertz CT molecular complexity index is 604. The van der Waals surface area contributed by atoms with Gasteiger partial charge in [-0.1, -0.05) is 23.7 Å². The van der Waals surface area contributed by atoms with E-state index in [9.17, 15) is 4.39 Å². The van der Waals surface area contributed by atoms with Crippen LogP contribution in [0, 0.1) is 5.82 Å². The SMILES string of the molecule is CN(Cc1cccc(Cl)c1)c1cc(F)c(Br)cc1N. The molecule has 0 aliphatic carbocycles. The van der Waals surface area contributed by atoms with Gasteiger partial charge in [0.1, 0.15) is 5.82 Å². The van der Waals surface area contributed by atoms with Crippen LogP contribution in [0.4, 0.5) is 15.8 Å². The molecule has 0 atom stereocenters. The highest BCUT2D eigenvalue weighted by atomic mass is 79.9. The average molecular weight is 344 g/mol. The minimum absolute atomic E-state index is 0.331. The molecule has 0 aromatic heterocycles. The summed E-state index contributed by atoms with van der Waals surface area (Å²) in [7, 11) is 1.86. The fourth-order valence-electron chi connectivity index (χ4n) is 1.88. The van der Waals surface area contributed by atoms with Crippen LogP contribution in [-0.2, 0) is 6.54 Å². The first-order valence-electron chi connectivity index (χ1n) is 5.67. The Hall–Kier alpha value is -1.26. The van der Waals surface area contributed by atoms with Crippen molar-refractivity contribution in [3.8, 4) is 0 Å². The van der Waals surface area contributed by atoms with Crippen molar-refractivity contribution in [2.75, 3.05) is 17.7 Å². The van der Waals surface area contributed by atoms with E-state index >= 15 is 0 Å². The Morgan fingerprint density at radius 1 is 1.32 bits per heavy atom. The number of anilines is 2. The average Bonchev–Trinajstić information content (AvgIpc) is 2.33. The second-order valence-corrected chi connectivity index (χ2v) is 5.60. The smallest absolute Gasteiger partial charge is 0.139 e. The van der Waals surface area contributed by atoms with E-state index in [1.807, 2.05) is 36.2 Å². The third-order valence-electron chi connectivity index (χ3n) is 2.79. The molecule has 2 aromatic rings. The number of halogens is 3. The molecule has 0 bridgehead atoms. The maximum absolute atomic E-state index is 13.6. The second-order valence-electron chi connectivity index (χ2n) is 4.31. The van der Waals surface area contributed by atoms with Crippen LogP contribution in [0.2, 0.25) is 5.02 Å². The first kappa shape index (κ1) is 14.2. The van der Waals surface area contributed by atoms with Gasteiger partial charge in [-0.05, 0) is 39.7 Å². The molecule has 0 radical (unpaired) electrons. The fraction of sp³-hybridized carbons (Fsp3) is 0.143. The van der Waals surface area contributed by atoms with Gasteiger partial charge in [-0.25, -0.2) is 4.39 Å². The molecule has 0 unspecified atom stereocenters. The third kappa shape index (κ3) is 3.39. The summed E-state index contributed by atoms with van der Waals surface area (Å²) in [6.45, 7) is 0.603. The number of hydrogen-bond donors (Lipinski definition) is 1. The highest BCUT2D eigenvalue weighted by Crippen LogP contribution is 2.29. The summed E-state index contributed by atoms with van der Waals surface area (Å²) in [5.74, 6) is -0.331. The molecule has 2 nitrogen and oxygen atoms in total. The summed E-state index contributed by atoms with van der Waals surface area (Å²) in [6, 6.07) is 10.5. The molecule has 5 heteroatoms. The van der Waals surface area contributed by atoms with Crippen LogP contribution in [0.25, 0.3) is 0 Å². The molecule has 0 saturated carbocycles. The highest BCUT2D eigenvalue weighted by molar-refractivity contribution is 9.10. The van der Waals surface area contributed by atoms with Gasteiger partial charge < -0.3 is 10.6 Å². The minimum atomic E-state index is -0.331. The largest absolute Gasteiger partial charge is 0.397 e. The zero-order valence-electron chi connectivity index (χ0n) is 10.3. The summed E-state index contributed by atoms with van der Waals surface area (Å²) in [6.07, 6.45) is 0. The summed E-state index contributed by atoms with van der Waals surface area (Å²) < 4.78 is 13.9. The van der Waals surface area contributed by atoms with E-state index in [0.717, 1.165) is 5.56 Å². The molecule has 0 aliphatic heterocycles. The van der Waals surface area contributed by atoms with Crippen LogP contribution in [0.3, 0.4) is 0 Å². The van der Waals surface area contributed by atoms with Crippen molar-refractivity contribution in [1.82, 2.24) is 0 Å². The van der Waals surface area contributed by atoms with Gasteiger partial charge in [-0.3, -0.25) is 0 Å². The van der Waals surface area contributed by atoms with E-state index in [1.54, 1.807) is 6.07 Å². The lowest BCUT2D eigenvalue weighted by Gasteiger charge is -2.21. The van der Waals surface area contributed by atoms with Gasteiger partial charge in [0.2, 0.25) is 0 Å². The van der Waals surface area contributed by atoms with E-state index < -0.39 is 0 Å². The Kier molecular flexibility index (Phi) is 4.32. The van der Waals surface area contributed by atoms with Crippen LogP contribution in [0.5, 0.6) is 0 Å². The molecule has 0 spiro atoms. The Morgan fingerprint density at radius 3 is 2.74 bits per heavy atom. The molecule has 0 amide bonds. The molecular formula is C14H13BrClFN2. The van der Waals surface area contributed by atoms with Crippen molar-refractivity contribution in [1.29, 1.82) is 0 Å². The summed E-state index contributed by atoms with van der Waals surface area (Å²) in [5.41, 5.74) is 8.13. The summed E-state index contributed by atoms with van der Waals surface area (Å²) >= 11 is 9.06. The summed E-state index contributed by atoms with van der Waals surface area (Å²) in [5, 5.41) is 0.681. The molecule has 0 saturated heterocycles. The molecule has 2 rings (SSSR count). The first-order valence-corrected chi connectivity index (χ1v) is 6.84. The van der Waals surface area contributed by atoms with Gasteiger partial charge in [-0.15, -0.1) is 0 Å². The van der Waals surface area contributed by atoms with Gasteiger partial charge in [-0.2, -0.15) is 0 Å². The van der Waals surface area contributed by atoms with E-state index in [0.29, 0.717) is 27.4 Å². The van der Waals surface area contributed by atoms with Gasteiger partial charge in [0.15, 0.2) is 0 Å². The van der Waals surface area contributed by atoms with E-state index in [1.165, 1.54) is 6.07 Å². The van der Waals surface area contributed by atoms with Gasteiger partial charge in [0, 0.05) is 24.7 Å². The number of rotatable bonds is 3. The Balaban J connectivity index is 2.25. The maximum atomic E-state index is 13.6. The van der Waals surface area contributed by atoms with Crippen molar-refractivity contribution in [2.24, 2.45) is 0 Å². The number of nitrogens with zero attached hydrogens (tertiary/aromatic N) is 1. The lowest BCUT2D eigenvalue weighted by Crippen LogP contribution is -2.18. The maximum Gasteiger partial charge on any atom is 0.139 e. The van der Waals surface area contributed by atoms with Crippen LogP contribution in [0.15, 0.2) is 40.9 Å². The second kappa shape index (κ2) is 5.80. The standard InChI is InChI=1S/C14H13BrClFN2/c1-19(8-9-3-2-4-10(16)5-9)14-7-12(17)11(15)6-13(14)18/h2-7H,8,18H2,1H3. The normalized spacial score (nSPS) is 10.5. The Morgan fingerprint density at radius 2 is 2.05 bits per heavy atom. The van der Waals surface area contributed by atoms with Crippen LogP contribution < -0.4 is 10.6 Å². The zero-order valence-corrected chi connectivity index (χ0v) is 12.7. The van der Waals surface area contributed by atoms with Crippen molar-refractivity contribution < 1.29 is 4.39 Å². The van der Waals surface area contributed by atoms with Gasteiger partial charge >= 0.3 is 0 Å². The van der Waals surface area contributed by atoms with E-state index in [4.69, 9.17) is 17.3 Å². The molecule has 2 aromatic carbocycles. The number of nitrogens with two attached hydrogens (primary N) is 1. The molecule has 0 fully saturated rings. The van der Waals surface area contributed by atoms with Crippen molar-refractivity contribution in [2.45, 2.75) is 6.54 Å². The number of nitrogen functional groups attached to an aromatic ring is 1. The van der Waals surface area contributed by atoms with Crippen LogP contribution in [0.1, 0.15) is 5.56 Å². The third-order valence-corrected chi connectivity index (χ3v) is 3.63. The first-order chi connectivity index (χ1) is 8.97.